The zero-order valence-corrected chi connectivity index (χ0v) is 28.3. The average molecular weight is 735 g/mol. The molecular weight excluding hydrogens is 687 g/mol. The number of methoxy groups -OCH3 is 1. The molecule has 0 aromatic heterocycles. The van der Waals surface area contributed by atoms with Crippen molar-refractivity contribution in [3.05, 3.63) is 81.9 Å². The van der Waals surface area contributed by atoms with Crippen LogP contribution >= 0.6 is 22.6 Å². The fourth-order valence-corrected chi connectivity index (χ4v) is 6.29. The first-order valence-electron chi connectivity index (χ1n) is 15.7. The summed E-state index contributed by atoms with van der Waals surface area (Å²) in [6, 6.07) is 15.7. The minimum Gasteiger partial charge on any atom is -0.391 e. The van der Waals surface area contributed by atoms with Gasteiger partial charge in [0, 0.05) is 49.0 Å². The maximum atomic E-state index is 14.2. The summed E-state index contributed by atoms with van der Waals surface area (Å²) in [5.74, 6) is -1.45. The van der Waals surface area contributed by atoms with Gasteiger partial charge in [-0.1, -0.05) is 48.5 Å². The molecule has 3 N–H and O–H groups in total. The van der Waals surface area contributed by atoms with Crippen LogP contribution in [-0.2, 0) is 36.7 Å². The van der Waals surface area contributed by atoms with Crippen LogP contribution in [0.4, 0.5) is 0 Å². The second kappa shape index (κ2) is 19.8. The molecule has 9 nitrogen and oxygen atoms in total. The van der Waals surface area contributed by atoms with E-state index < -0.39 is 30.2 Å². The lowest BCUT2D eigenvalue weighted by Gasteiger charge is -2.32. The number of β-amino-alcohol motifs (C(OH)–C–C–N with tert-alkyl or cyclic N) is 1. The van der Waals surface area contributed by atoms with Crippen molar-refractivity contribution in [2.75, 3.05) is 33.5 Å². The molecule has 2 aromatic carbocycles. The smallest absolute Gasteiger partial charge is 0.245 e. The number of hydrogen-bond donors (Lipinski definition) is 3. The Bertz CT molecular complexity index is 1230. The Morgan fingerprint density at radius 2 is 1.84 bits per heavy atom. The van der Waals surface area contributed by atoms with E-state index in [1.54, 1.807) is 13.2 Å². The highest BCUT2D eigenvalue weighted by molar-refractivity contribution is 14.1. The number of likely N-dealkylation sites (tertiary alicyclic amines) is 1. The second-order valence-electron chi connectivity index (χ2n) is 11.6. The topological polar surface area (TPSA) is 125 Å². The van der Waals surface area contributed by atoms with Crippen LogP contribution in [0.5, 0.6) is 0 Å². The minimum absolute atomic E-state index is 0.0384. The third-order valence-corrected chi connectivity index (χ3v) is 8.68. The molecule has 3 rings (SSSR count). The van der Waals surface area contributed by atoms with Crippen LogP contribution in [0, 0.1) is 9.49 Å². The molecule has 0 saturated carbocycles. The van der Waals surface area contributed by atoms with E-state index in [9.17, 15) is 24.6 Å². The monoisotopic (exact) mass is 734 g/mol. The van der Waals surface area contributed by atoms with Gasteiger partial charge in [0.05, 0.1) is 31.5 Å². The molecule has 2 aromatic rings. The van der Waals surface area contributed by atoms with Crippen LogP contribution in [0.2, 0.25) is 0 Å². The zero-order chi connectivity index (χ0) is 32.6. The van der Waals surface area contributed by atoms with Crippen LogP contribution in [-0.4, -0.2) is 90.5 Å². The number of carbonyl (C=O) groups is 3. The number of allylic oxidation sites excluding steroid dienone is 1. The molecule has 0 spiro atoms. The third-order valence-electron chi connectivity index (χ3n) is 8.01. The summed E-state index contributed by atoms with van der Waals surface area (Å²) in [6.07, 6.45) is 2.74. The quantitative estimate of drug-likeness (QED) is 0.107. The van der Waals surface area contributed by atoms with Gasteiger partial charge >= 0.3 is 0 Å². The van der Waals surface area contributed by atoms with Crippen LogP contribution in [0.1, 0.15) is 49.7 Å². The molecule has 1 fully saturated rings. The van der Waals surface area contributed by atoms with Crippen molar-refractivity contribution >= 4 is 40.2 Å². The summed E-state index contributed by atoms with van der Waals surface area (Å²) >= 11 is 2.21. The van der Waals surface area contributed by atoms with E-state index in [-0.39, 0.29) is 43.4 Å². The number of Topliss-reactive ketones (excluding diaryl/α,β-unsaturated/α-hetero) is 1. The van der Waals surface area contributed by atoms with E-state index in [0.29, 0.717) is 51.9 Å². The fourth-order valence-electron chi connectivity index (χ4n) is 5.68. The predicted octanol–water partition coefficient (Wildman–Crippen LogP) is 3.87. The number of ketones is 1. The summed E-state index contributed by atoms with van der Waals surface area (Å²) in [5.41, 5.74) is 1.79. The van der Waals surface area contributed by atoms with Gasteiger partial charge in [0.2, 0.25) is 11.8 Å². The highest BCUT2D eigenvalue weighted by atomic mass is 127. The molecular formula is C35H47IN2O7. The molecule has 1 heterocycles. The van der Waals surface area contributed by atoms with Crippen molar-refractivity contribution in [2.45, 2.75) is 75.7 Å². The molecule has 0 radical (unpaired) electrons. The summed E-state index contributed by atoms with van der Waals surface area (Å²) in [6.45, 7) is 5.16. The van der Waals surface area contributed by atoms with E-state index in [0.717, 1.165) is 14.7 Å². The van der Waals surface area contributed by atoms with Gasteiger partial charge in [-0.05, 0) is 78.0 Å². The molecule has 0 bridgehead atoms. The molecule has 1 aliphatic rings. The Morgan fingerprint density at radius 1 is 1.09 bits per heavy atom. The van der Waals surface area contributed by atoms with Crippen molar-refractivity contribution in [1.82, 2.24) is 10.2 Å². The Hall–Kier alpha value is -2.64. The van der Waals surface area contributed by atoms with Crippen molar-refractivity contribution in [1.29, 1.82) is 0 Å². The van der Waals surface area contributed by atoms with Crippen LogP contribution < -0.4 is 5.32 Å². The van der Waals surface area contributed by atoms with Crippen molar-refractivity contribution in [3.63, 3.8) is 0 Å². The number of halogens is 1. The largest absolute Gasteiger partial charge is 0.391 e. The summed E-state index contributed by atoms with van der Waals surface area (Å²) < 4.78 is 11.5. The van der Waals surface area contributed by atoms with E-state index in [1.807, 2.05) is 54.6 Å². The van der Waals surface area contributed by atoms with E-state index in [4.69, 9.17) is 9.47 Å². The molecule has 45 heavy (non-hydrogen) atoms. The maximum absolute atomic E-state index is 14.2. The summed E-state index contributed by atoms with van der Waals surface area (Å²) in [4.78, 5) is 42.4. The van der Waals surface area contributed by atoms with E-state index in [2.05, 4.69) is 34.5 Å². The first-order valence-corrected chi connectivity index (χ1v) is 16.7. The van der Waals surface area contributed by atoms with Gasteiger partial charge < -0.3 is 29.9 Å². The lowest BCUT2D eigenvalue weighted by molar-refractivity contribution is -0.140. The first kappa shape index (κ1) is 36.8. The fraction of sp³-hybridized carbons (Fsp3) is 0.514. The molecule has 5 atom stereocenters. The highest BCUT2D eigenvalue weighted by Crippen LogP contribution is 2.25. The predicted molar refractivity (Wildman–Crippen MR) is 182 cm³/mol. The highest BCUT2D eigenvalue weighted by Gasteiger charge is 2.41. The van der Waals surface area contributed by atoms with Gasteiger partial charge in [-0.3, -0.25) is 14.4 Å². The molecule has 1 saturated heterocycles. The molecule has 1 unspecified atom stereocenters. The zero-order valence-electron chi connectivity index (χ0n) is 26.1. The first-order chi connectivity index (χ1) is 21.7. The van der Waals surface area contributed by atoms with Gasteiger partial charge in [-0.15, -0.1) is 6.58 Å². The van der Waals surface area contributed by atoms with Gasteiger partial charge in [-0.25, -0.2) is 0 Å². The second-order valence-corrected chi connectivity index (χ2v) is 12.9. The lowest BCUT2D eigenvalue weighted by atomic mass is 9.91. The third kappa shape index (κ3) is 12.6. The van der Waals surface area contributed by atoms with Crippen LogP contribution in [0.3, 0.4) is 0 Å². The molecule has 1 aliphatic heterocycles. The number of carbonyl (C=O) groups excluding carboxylic acids is 3. The number of benzene rings is 2. The number of amides is 2. The minimum atomic E-state index is -0.949. The Balaban J connectivity index is 1.80. The van der Waals surface area contributed by atoms with Gasteiger partial charge in [0.15, 0.2) is 0 Å². The molecule has 10 heteroatoms. The number of ether oxygens (including phenoxy) is 2. The van der Waals surface area contributed by atoms with Gasteiger partial charge in [0.1, 0.15) is 11.8 Å². The van der Waals surface area contributed by atoms with Crippen molar-refractivity contribution in [2.24, 2.45) is 5.92 Å². The Labute approximate surface area is 280 Å². The van der Waals surface area contributed by atoms with Crippen molar-refractivity contribution < 1.29 is 34.1 Å². The number of rotatable bonds is 20. The van der Waals surface area contributed by atoms with Crippen LogP contribution in [0.25, 0.3) is 0 Å². The summed E-state index contributed by atoms with van der Waals surface area (Å²) in [5, 5.41) is 24.6. The van der Waals surface area contributed by atoms with Gasteiger partial charge in [-0.2, -0.15) is 0 Å². The number of nitrogens with one attached hydrogen (secondary N) is 1. The number of aliphatic hydroxyl groups is 2. The number of aliphatic hydroxyl groups excluding tert-OH is 2. The molecule has 2 amide bonds. The summed E-state index contributed by atoms with van der Waals surface area (Å²) in [7, 11) is 1.60. The average Bonchev–Trinajstić information content (AvgIpc) is 3.42. The molecule has 246 valence electrons. The number of hydrogen-bond acceptors (Lipinski definition) is 7. The normalized spacial score (nSPS) is 18.3. The van der Waals surface area contributed by atoms with E-state index in [1.165, 1.54) is 4.90 Å². The standard InChI is InChI=1S/C35H47IN2O7/c1-3-4-14-29(39)22-27(19-25-10-6-5-7-11-25)34(42)37-31(21-26-12-8-13-28(36)20-26)35(43)38-24-30(40)23-32(38)33(41)15-9-16-45-18-17-44-2/h3,5-8,10-13,20,27,30-33,40-41H,1,4,9,14-19,21-24H2,2H3,(H,37,42)/t27-,30-,31+,32+,33?/m1/s1. The van der Waals surface area contributed by atoms with E-state index >= 15 is 0 Å². The van der Waals surface area contributed by atoms with Gasteiger partial charge in [0.25, 0.3) is 0 Å². The lowest BCUT2D eigenvalue weighted by Crippen LogP contribution is -2.54. The molecule has 0 aliphatic carbocycles. The maximum Gasteiger partial charge on any atom is 0.245 e. The Kier molecular flexibility index (Phi) is 16.2. The number of nitrogens with zero attached hydrogens (tertiary/aromatic N) is 1. The SMILES string of the molecule is C=CCCC(=O)C[C@@H](Cc1ccccc1)C(=O)N[C@@H](Cc1cccc(I)c1)C(=O)N1C[C@H](O)C[C@H]1C(O)CCCOCCOC. The Morgan fingerprint density at radius 3 is 2.56 bits per heavy atom. The van der Waals surface area contributed by atoms with Crippen LogP contribution in [0.15, 0.2) is 67.3 Å². The van der Waals surface area contributed by atoms with Crippen molar-refractivity contribution in [3.8, 4) is 0 Å².